The van der Waals surface area contributed by atoms with Crippen LogP contribution >= 0.6 is 0 Å². The summed E-state index contributed by atoms with van der Waals surface area (Å²) in [6.07, 6.45) is 9.13. The highest BCUT2D eigenvalue weighted by Gasteiger charge is 2.64. The van der Waals surface area contributed by atoms with Gasteiger partial charge in [-0.25, -0.2) is 0 Å². The van der Waals surface area contributed by atoms with Crippen molar-refractivity contribution in [2.75, 3.05) is 26.3 Å². The molecule has 1 aromatic heterocycles. The zero-order valence-electron chi connectivity index (χ0n) is 22.0. The van der Waals surface area contributed by atoms with E-state index < -0.39 is 23.5 Å². The maximum Gasteiger partial charge on any atom is 0.311 e. The highest BCUT2D eigenvalue weighted by Crippen LogP contribution is 2.50. The number of ether oxygens (including phenoxy) is 2. The number of fused-ring (bicyclic) bond motifs is 1. The molecule has 1 aliphatic carbocycles. The summed E-state index contributed by atoms with van der Waals surface area (Å²) in [6, 6.07) is 12.4. The summed E-state index contributed by atoms with van der Waals surface area (Å²) in [5.74, 6) is -1.10. The fraction of sp³-hybridized carbons (Fsp3) is 0.500. The van der Waals surface area contributed by atoms with Crippen molar-refractivity contribution in [3.63, 3.8) is 0 Å². The van der Waals surface area contributed by atoms with Crippen LogP contribution in [0, 0.1) is 5.92 Å². The lowest BCUT2D eigenvalue weighted by molar-refractivity contribution is -0.169. The summed E-state index contributed by atoms with van der Waals surface area (Å²) in [5.41, 5.74) is 0.992. The third kappa shape index (κ3) is 5.14. The van der Waals surface area contributed by atoms with Gasteiger partial charge in [-0.05, 0) is 63.1 Å². The molecule has 8 nitrogen and oxygen atoms in total. The van der Waals surface area contributed by atoms with E-state index in [1.165, 1.54) is 18.3 Å². The predicted molar refractivity (Wildman–Crippen MR) is 140 cm³/mol. The van der Waals surface area contributed by atoms with E-state index in [1.807, 2.05) is 30.3 Å². The van der Waals surface area contributed by atoms with Crippen LogP contribution in [-0.4, -0.2) is 59.4 Å². The van der Waals surface area contributed by atoms with E-state index in [0.29, 0.717) is 18.9 Å². The Morgan fingerprint density at radius 3 is 2.68 bits per heavy atom. The minimum atomic E-state index is -1.32. The summed E-state index contributed by atoms with van der Waals surface area (Å²) < 4.78 is 17.3. The largest absolute Gasteiger partial charge is 0.467 e. The number of piperazine rings is 1. The summed E-state index contributed by atoms with van der Waals surface area (Å²) >= 11 is 0. The van der Waals surface area contributed by atoms with E-state index in [1.54, 1.807) is 28.9 Å². The molecule has 0 radical (unpaired) electrons. The Kier molecular flexibility index (Phi) is 7.98. The Hall–Kier alpha value is -3.39. The Bertz CT molecular complexity index is 1160. The van der Waals surface area contributed by atoms with E-state index in [4.69, 9.17) is 13.9 Å². The van der Waals surface area contributed by atoms with Gasteiger partial charge in [-0.1, -0.05) is 42.0 Å². The van der Waals surface area contributed by atoms with Crippen molar-refractivity contribution < 1.29 is 28.3 Å². The van der Waals surface area contributed by atoms with Crippen LogP contribution in [0.25, 0.3) is 0 Å². The quantitative estimate of drug-likeness (QED) is 0.340. The Morgan fingerprint density at radius 2 is 1.97 bits per heavy atom. The number of carbonyl (C=O) groups is 3. The second-order valence-corrected chi connectivity index (χ2v) is 10.4. The number of carbonyl (C=O) groups excluding carboxylic acids is 3. The van der Waals surface area contributed by atoms with Crippen molar-refractivity contribution >= 4 is 17.8 Å². The van der Waals surface area contributed by atoms with E-state index in [9.17, 15) is 14.4 Å². The van der Waals surface area contributed by atoms with E-state index >= 15 is 0 Å². The molecule has 202 valence electrons. The first-order valence-electron chi connectivity index (χ1n) is 13.6. The molecule has 5 rings (SSSR count). The molecule has 0 saturated carbocycles. The Balaban J connectivity index is 1.46. The molecular weight excluding hydrogens is 484 g/mol. The maximum absolute atomic E-state index is 14.3. The van der Waals surface area contributed by atoms with Crippen LogP contribution in [0.15, 0.2) is 64.8 Å². The van der Waals surface area contributed by atoms with Crippen molar-refractivity contribution in [2.45, 2.75) is 63.6 Å². The number of benzene rings is 1. The highest BCUT2D eigenvalue weighted by atomic mass is 16.5. The van der Waals surface area contributed by atoms with Gasteiger partial charge in [-0.15, -0.1) is 0 Å². The number of furan rings is 1. The molecule has 0 N–H and O–H groups in total. The monoisotopic (exact) mass is 520 g/mol. The first-order chi connectivity index (χ1) is 18.5. The molecule has 38 heavy (non-hydrogen) atoms. The van der Waals surface area contributed by atoms with Crippen molar-refractivity contribution in [3.05, 3.63) is 71.7 Å². The van der Waals surface area contributed by atoms with Gasteiger partial charge in [0.15, 0.2) is 0 Å². The third-order valence-electron chi connectivity index (χ3n) is 7.92. The summed E-state index contributed by atoms with van der Waals surface area (Å²) in [7, 11) is 0. The summed E-state index contributed by atoms with van der Waals surface area (Å²) in [6.45, 7) is 2.68. The third-order valence-corrected chi connectivity index (χ3v) is 7.92. The number of amides is 2. The van der Waals surface area contributed by atoms with Crippen molar-refractivity contribution in [1.82, 2.24) is 9.80 Å². The van der Waals surface area contributed by atoms with Gasteiger partial charge in [-0.3, -0.25) is 14.4 Å². The molecule has 2 fully saturated rings. The molecule has 2 aliphatic heterocycles. The number of hydrogen-bond donors (Lipinski definition) is 0. The van der Waals surface area contributed by atoms with E-state index in [-0.39, 0.29) is 38.0 Å². The molecule has 8 heteroatoms. The number of hydrogen-bond acceptors (Lipinski definition) is 6. The molecule has 3 unspecified atom stereocenters. The SMILES string of the molecule is CCOC(=O)C1CC2(COCc3ccccc3)C(=O)N(CCC3=CCCCC3)CC(=O)N2C1c1ccco1. The first kappa shape index (κ1) is 26.2. The molecule has 1 aromatic carbocycles. The molecule has 3 heterocycles. The molecule has 3 atom stereocenters. The lowest BCUT2D eigenvalue weighted by Gasteiger charge is -2.46. The van der Waals surface area contributed by atoms with Crippen LogP contribution in [0.3, 0.4) is 0 Å². The van der Waals surface area contributed by atoms with Crippen LogP contribution in [0.2, 0.25) is 0 Å². The van der Waals surface area contributed by atoms with E-state index in [2.05, 4.69) is 6.08 Å². The predicted octanol–water partition coefficient (Wildman–Crippen LogP) is 4.42. The molecule has 3 aliphatic rings. The lowest BCUT2D eigenvalue weighted by atomic mass is 9.88. The number of esters is 1. The van der Waals surface area contributed by atoms with Gasteiger partial charge in [0, 0.05) is 6.54 Å². The molecule has 2 aromatic rings. The average molecular weight is 521 g/mol. The van der Waals surface area contributed by atoms with Gasteiger partial charge in [0.25, 0.3) is 5.91 Å². The maximum atomic E-state index is 14.3. The smallest absolute Gasteiger partial charge is 0.311 e. The molecule has 2 amide bonds. The molecule has 2 saturated heterocycles. The first-order valence-corrected chi connectivity index (χ1v) is 13.6. The standard InChI is InChI=1S/C30H36N2O6/c1-2-37-28(34)24-18-30(21-36-20-23-12-7-4-8-13-23)29(35)31(16-15-22-10-5-3-6-11-22)19-26(33)32(30)27(24)25-14-9-17-38-25/h4,7-10,12-14,17,24,27H,2-3,5-6,11,15-16,18-21H2,1H3. The number of allylic oxidation sites excluding steroid dienone is 1. The minimum absolute atomic E-state index is 0.0151. The van der Waals surface area contributed by atoms with Crippen LogP contribution in [0.4, 0.5) is 0 Å². The molecule has 0 bridgehead atoms. The Labute approximate surface area is 223 Å². The van der Waals surface area contributed by atoms with Gasteiger partial charge in [0.05, 0.1) is 38.5 Å². The number of rotatable bonds is 10. The van der Waals surface area contributed by atoms with Crippen LogP contribution in [0.5, 0.6) is 0 Å². The van der Waals surface area contributed by atoms with Gasteiger partial charge < -0.3 is 23.7 Å². The van der Waals surface area contributed by atoms with Crippen molar-refractivity contribution in [1.29, 1.82) is 0 Å². The van der Waals surface area contributed by atoms with Gasteiger partial charge in [0.1, 0.15) is 17.3 Å². The normalized spacial score (nSPS) is 25.3. The summed E-state index contributed by atoms with van der Waals surface area (Å²) in [5, 5.41) is 0. The van der Waals surface area contributed by atoms with Gasteiger partial charge >= 0.3 is 5.97 Å². The fourth-order valence-corrected chi connectivity index (χ4v) is 6.15. The fourth-order valence-electron chi connectivity index (χ4n) is 6.15. The highest BCUT2D eigenvalue weighted by molar-refractivity contribution is 6.00. The topological polar surface area (TPSA) is 89.3 Å². The second-order valence-electron chi connectivity index (χ2n) is 10.4. The van der Waals surface area contributed by atoms with Crippen LogP contribution in [0.1, 0.15) is 62.8 Å². The molecule has 0 spiro atoms. The lowest BCUT2D eigenvalue weighted by Crippen LogP contribution is -2.67. The molecular formula is C30H36N2O6. The van der Waals surface area contributed by atoms with Gasteiger partial charge in [-0.2, -0.15) is 0 Å². The van der Waals surface area contributed by atoms with Crippen molar-refractivity contribution in [3.8, 4) is 0 Å². The van der Waals surface area contributed by atoms with E-state index in [0.717, 1.165) is 31.2 Å². The summed E-state index contributed by atoms with van der Waals surface area (Å²) in [4.78, 5) is 44.5. The van der Waals surface area contributed by atoms with Crippen LogP contribution < -0.4 is 0 Å². The Morgan fingerprint density at radius 1 is 1.13 bits per heavy atom. The van der Waals surface area contributed by atoms with Gasteiger partial charge in [0.2, 0.25) is 5.91 Å². The van der Waals surface area contributed by atoms with Crippen LogP contribution in [-0.2, 0) is 30.5 Å². The second kappa shape index (κ2) is 11.6. The minimum Gasteiger partial charge on any atom is -0.467 e. The van der Waals surface area contributed by atoms with Crippen molar-refractivity contribution in [2.24, 2.45) is 5.92 Å². The zero-order valence-corrected chi connectivity index (χ0v) is 22.0. The average Bonchev–Trinajstić information content (AvgIpc) is 3.59. The number of nitrogens with zero attached hydrogens (tertiary/aromatic N) is 2. The zero-order chi connectivity index (χ0) is 26.5.